The lowest BCUT2D eigenvalue weighted by molar-refractivity contribution is 0.189. The number of piperazine rings is 1. The lowest BCUT2D eigenvalue weighted by Gasteiger charge is -2.27. The fourth-order valence-electron chi connectivity index (χ4n) is 3.07. The summed E-state index contributed by atoms with van der Waals surface area (Å²) in [5, 5.41) is 6.31. The van der Waals surface area contributed by atoms with Gasteiger partial charge in [-0.3, -0.25) is 0 Å². The predicted molar refractivity (Wildman–Crippen MR) is 78.9 cm³/mol. The predicted octanol–water partition coefficient (Wildman–Crippen LogP) is 1.55. The zero-order valence-electron chi connectivity index (χ0n) is 12.4. The van der Waals surface area contributed by atoms with E-state index in [1.165, 1.54) is 29.8 Å². The van der Waals surface area contributed by atoms with Crippen LogP contribution >= 0.6 is 0 Å². The number of carbonyl (C=O) groups excluding carboxylic acids is 1. The van der Waals surface area contributed by atoms with Crippen LogP contribution in [0.4, 0.5) is 4.79 Å². The van der Waals surface area contributed by atoms with Crippen molar-refractivity contribution < 1.29 is 4.79 Å². The Morgan fingerprint density at radius 1 is 1.35 bits per heavy atom. The minimum atomic E-state index is 0.0581. The van der Waals surface area contributed by atoms with E-state index in [4.69, 9.17) is 0 Å². The fourth-order valence-corrected chi connectivity index (χ4v) is 3.07. The van der Waals surface area contributed by atoms with E-state index < -0.39 is 0 Å². The van der Waals surface area contributed by atoms with Crippen LogP contribution in [-0.2, 0) is 6.54 Å². The Hall–Kier alpha value is -1.49. The summed E-state index contributed by atoms with van der Waals surface area (Å²) in [4.78, 5) is 14.0. The number of carbonyl (C=O) groups is 1. The molecule has 2 N–H and O–H groups in total. The zero-order valence-corrected chi connectivity index (χ0v) is 12.4. The largest absolute Gasteiger partial charge is 0.346 e. The van der Waals surface area contributed by atoms with E-state index in [1.807, 2.05) is 4.90 Å². The number of aryl methyl sites for hydroxylation is 1. The molecule has 1 saturated heterocycles. The van der Waals surface area contributed by atoms with Gasteiger partial charge in [-0.25, -0.2) is 4.79 Å². The first kappa shape index (κ1) is 13.5. The van der Waals surface area contributed by atoms with Gasteiger partial charge in [-0.1, -0.05) is 0 Å². The number of aromatic nitrogens is 1. The number of nitrogens with zero attached hydrogens (tertiary/aromatic N) is 2. The topological polar surface area (TPSA) is 49.3 Å². The third-order valence-corrected chi connectivity index (χ3v) is 4.34. The van der Waals surface area contributed by atoms with Gasteiger partial charge in [-0.2, -0.15) is 0 Å². The molecule has 2 fully saturated rings. The molecule has 0 aromatic carbocycles. The number of rotatable bonds is 3. The van der Waals surface area contributed by atoms with Gasteiger partial charge in [0.1, 0.15) is 0 Å². The van der Waals surface area contributed by atoms with Crippen LogP contribution in [0.2, 0.25) is 0 Å². The molecule has 20 heavy (non-hydrogen) atoms. The second kappa shape index (κ2) is 5.48. The van der Waals surface area contributed by atoms with Crippen molar-refractivity contribution in [1.29, 1.82) is 0 Å². The van der Waals surface area contributed by atoms with Gasteiger partial charge < -0.3 is 20.1 Å². The van der Waals surface area contributed by atoms with E-state index in [1.54, 1.807) is 0 Å². The molecular weight excluding hydrogens is 252 g/mol. The van der Waals surface area contributed by atoms with Crippen molar-refractivity contribution in [3.05, 3.63) is 23.0 Å². The molecule has 0 unspecified atom stereocenters. The number of nitrogens with one attached hydrogen (secondary N) is 2. The van der Waals surface area contributed by atoms with E-state index in [9.17, 15) is 4.79 Å². The number of hydrogen-bond acceptors (Lipinski definition) is 2. The molecular formula is C15H24N4O. The normalized spacial score (nSPS) is 19.2. The average Bonchev–Trinajstić information content (AvgIpc) is 3.24. The highest BCUT2D eigenvalue weighted by atomic mass is 16.2. The van der Waals surface area contributed by atoms with Crippen LogP contribution in [-0.4, -0.2) is 41.7 Å². The first-order valence-corrected chi connectivity index (χ1v) is 7.57. The van der Waals surface area contributed by atoms with Crippen LogP contribution in [0.15, 0.2) is 6.07 Å². The molecule has 2 amide bonds. The summed E-state index contributed by atoms with van der Waals surface area (Å²) in [7, 11) is 0. The van der Waals surface area contributed by atoms with E-state index in [-0.39, 0.29) is 6.03 Å². The number of amides is 2. The van der Waals surface area contributed by atoms with Gasteiger partial charge in [0, 0.05) is 50.2 Å². The molecule has 5 nitrogen and oxygen atoms in total. The van der Waals surface area contributed by atoms with E-state index in [2.05, 4.69) is 35.1 Å². The second-order valence-corrected chi connectivity index (χ2v) is 5.89. The quantitative estimate of drug-likeness (QED) is 0.880. The van der Waals surface area contributed by atoms with E-state index >= 15 is 0 Å². The summed E-state index contributed by atoms with van der Waals surface area (Å²) in [5.74, 6) is 0. The monoisotopic (exact) mass is 276 g/mol. The third kappa shape index (κ3) is 2.68. The SMILES string of the molecule is Cc1cc(CNC(=O)N2CCNCC2)c(C)n1C1CC1. The first-order chi connectivity index (χ1) is 9.66. The van der Waals surface area contributed by atoms with Gasteiger partial charge in [0.05, 0.1) is 0 Å². The van der Waals surface area contributed by atoms with Gasteiger partial charge in [0.2, 0.25) is 0 Å². The first-order valence-electron chi connectivity index (χ1n) is 7.57. The van der Waals surface area contributed by atoms with Crippen LogP contribution in [0, 0.1) is 13.8 Å². The van der Waals surface area contributed by atoms with Crippen LogP contribution in [0.5, 0.6) is 0 Å². The standard InChI is InChI=1S/C15H24N4O/c1-11-9-13(12(2)19(11)14-3-4-14)10-17-15(20)18-7-5-16-6-8-18/h9,14,16H,3-8,10H2,1-2H3,(H,17,20). The Morgan fingerprint density at radius 3 is 2.70 bits per heavy atom. The summed E-state index contributed by atoms with van der Waals surface area (Å²) in [6.07, 6.45) is 2.59. The van der Waals surface area contributed by atoms with Crippen molar-refractivity contribution in [1.82, 2.24) is 20.1 Å². The molecule has 0 atom stereocenters. The molecule has 0 radical (unpaired) electrons. The number of hydrogen-bond donors (Lipinski definition) is 2. The molecule has 1 aliphatic carbocycles. The molecule has 3 rings (SSSR count). The van der Waals surface area contributed by atoms with Crippen LogP contribution in [0.25, 0.3) is 0 Å². The maximum atomic E-state index is 12.1. The van der Waals surface area contributed by atoms with Gasteiger partial charge >= 0.3 is 6.03 Å². The minimum absolute atomic E-state index is 0.0581. The van der Waals surface area contributed by atoms with Crippen LogP contribution in [0.3, 0.4) is 0 Å². The minimum Gasteiger partial charge on any atom is -0.346 e. The summed E-state index contributed by atoms with van der Waals surface area (Å²) in [5.41, 5.74) is 3.87. The van der Waals surface area contributed by atoms with Crippen molar-refractivity contribution >= 4 is 6.03 Å². The highest BCUT2D eigenvalue weighted by molar-refractivity contribution is 5.74. The lowest BCUT2D eigenvalue weighted by Crippen LogP contribution is -2.50. The molecule has 2 aliphatic rings. The van der Waals surface area contributed by atoms with Crippen molar-refractivity contribution in [3.8, 4) is 0 Å². The Kier molecular flexibility index (Phi) is 3.70. The van der Waals surface area contributed by atoms with E-state index in [0.717, 1.165) is 26.2 Å². The Bertz CT molecular complexity index is 498. The van der Waals surface area contributed by atoms with Gasteiger partial charge in [-0.15, -0.1) is 0 Å². The molecule has 0 spiro atoms. The highest BCUT2D eigenvalue weighted by Gasteiger charge is 2.27. The Balaban J connectivity index is 1.60. The Morgan fingerprint density at radius 2 is 2.05 bits per heavy atom. The summed E-state index contributed by atoms with van der Waals surface area (Å²) >= 11 is 0. The molecule has 1 saturated carbocycles. The second-order valence-electron chi connectivity index (χ2n) is 5.89. The van der Waals surface area contributed by atoms with E-state index in [0.29, 0.717) is 12.6 Å². The molecule has 2 heterocycles. The Labute approximate surface area is 120 Å². The molecule has 1 aromatic heterocycles. The summed E-state index contributed by atoms with van der Waals surface area (Å²) in [6, 6.07) is 2.97. The maximum Gasteiger partial charge on any atom is 0.317 e. The molecule has 0 bridgehead atoms. The van der Waals surface area contributed by atoms with Crippen molar-refractivity contribution in [2.75, 3.05) is 26.2 Å². The third-order valence-electron chi connectivity index (χ3n) is 4.34. The van der Waals surface area contributed by atoms with Crippen LogP contribution < -0.4 is 10.6 Å². The molecule has 5 heteroatoms. The summed E-state index contributed by atoms with van der Waals surface area (Å²) < 4.78 is 2.42. The van der Waals surface area contributed by atoms with Crippen LogP contribution in [0.1, 0.15) is 35.8 Å². The molecule has 110 valence electrons. The highest BCUT2D eigenvalue weighted by Crippen LogP contribution is 2.38. The average molecular weight is 276 g/mol. The van der Waals surface area contributed by atoms with Crippen molar-refractivity contribution in [2.24, 2.45) is 0 Å². The molecule has 1 aromatic rings. The smallest absolute Gasteiger partial charge is 0.317 e. The lowest BCUT2D eigenvalue weighted by atomic mass is 10.2. The van der Waals surface area contributed by atoms with Crippen molar-refractivity contribution in [2.45, 2.75) is 39.3 Å². The van der Waals surface area contributed by atoms with Gasteiger partial charge in [0.25, 0.3) is 0 Å². The van der Waals surface area contributed by atoms with Gasteiger partial charge in [-0.05, 0) is 38.3 Å². The van der Waals surface area contributed by atoms with Crippen molar-refractivity contribution in [3.63, 3.8) is 0 Å². The fraction of sp³-hybridized carbons (Fsp3) is 0.667. The summed E-state index contributed by atoms with van der Waals surface area (Å²) in [6.45, 7) is 8.34. The number of urea groups is 1. The molecule has 1 aliphatic heterocycles. The zero-order chi connectivity index (χ0) is 14.1. The van der Waals surface area contributed by atoms with Gasteiger partial charge in [0.15, 0.2) is 0 Å². The maximum absolute atomic E-state index is 12.1.